The Morgan fingerprint density at radius 3 is 2.22 bits per heavy atom. The zero-order valence-electron chi connectivity index (χ0n) is 12.8. The van der Waals surface area contributed by atoms with Crippen LogP contribution in [-0.2, 0) is 6.54 Å². The summed E-state index contributed by atoms with van der Waals surface area (Å²) in [7, 11) is 0. The summed E-state index contributed by atoms with van der Waals surface area (Å²) in [5.74, 6) is 1.39. The third-order valence-electron chi connectivity index (χ3n) is 3.76. The number of hydrogen-bond donors (Lipinski definition) is 0. The van der Waals surface area contributed by atoms with Gasteiger partial charge in [-0.2, -0.15) is 0 Å². The molecule has 18 heavy (non-hydrogen) atoms. The molecule has 1 aromatic heterocycles. The summed E-state index contributed by atoms with van der Waals surface area (Å²) < 4.78 is 4.74. The van der Waals surface area contributed by atoms with E-state index in [-0.39, 0.29) is 0 Å². The Hall–Kier alpha value is -0.790. The van der Waals surface area contributed by atoms with Gasteiger partial charge in [-0.15, -0.1) is 0 Å². The van der Waals surface area contributed by atoms with Crippen LogP contribution in [0.5, 0.6) is 0 Å². The van der Waals surface area contributed by atoms with Crippen molar-refractivity contribution in [3.05, 3.63) is 18.2 Å². The lowest BCUT2D eigenvalue weighted by Crippen LogP contribution is -2.35. The van der Waals surface area contributed by atoms with Gasteiger partial charge in [-0.1, -0.05) is 39.0 Å². The molecule has 0 aromatic carbocycles. The zero-order valence-corrected chi connectivity index (χ0v) is 12.8. The van der Waals surface area contributed by atoms with E-state index < -0.39 is 0 Å². The molecule has 0 radical (unpaired) electrons. The van der Waals surface area contributed by atoms with Crippen molar-refractivity contribution in [1.82, 2.24) is 4.57 Å². The van der Waals surface area contributed by atoms with Gasteiger partial charge in [0.2, 0.25) is 0 Å². The van der Waals surface area contributed by atoms with E-state index in [4.69, 9.17) is 0 Å². The Labute approximate surface area is 113 Å². The highest BCUT2D eigenvalue weighted by molar-refractivity contribution is 4.82. The lowest BCUT2D eigenvalue weighted by Gasteiger charge is -2.04. The highest BCUT2D eigenvalue weighted by atomic mass is 15.2. The number of nitrogens with zero attached hydrogens (tertiary/aromatic N) is 2. The lowest BCUT2D eigenvalue weighted by molar-refractivity contribution is -0.703. The summed E-state index contributed by atoms with van der Waals surface area (Å²) in [4.78, 5) is 0. The van der Waals surface area contributed by atoms with Crippen LogP contribution >= 0.6 is 0 Å². The highest BCUT2D eigenvalue weighted by Crippen LogP contribution is 2.08. The molecule has 0 unspecified atom stereocenters. The third-order valence-corrected chi connectivity index (χ3v) is 3.76. The monoisotopic (exact) mass is 251 g/mol. The van der Waals surface area contributed by atoms with Crippen LogP contribution in [0.3, 0.4) is 0 Å². The van der Waals surface area contributed by atoms with Crippen LogP contribution in [0.15, 0.2) is 12.4 Å². The van der Waals surface area contributed by atoms with Crippen LogP contribution in [-0.4, -0.2) is 4.57 Å². The van der Waals surface area contributed by atoms with E-state index in [0.29, 0.717) is 6.04 Å². The fraction of sp³-hybridized carbons (Fsp3) is 0.812. The second-order valence-corrected chi connectivity index (χ2v) is 5.66. The quantitative estimate of drug-likeness (QED) is 0.454. The minimum Gasteiger partial charge on any atom is -0.234 e. The molecule has 0 N–H and O–H groups in total. The second kappa shape index (κ2) is 8.34. The molecule has 1 rings (SSSR count). The Balaban J connectivity index is 2.19. The average molecular weight is 251 g/mol. The highest BCUT2D eigenvalue weighted by Gasteiger charge is 2.13. The van der Waals surface area contributed by atoms with E-state index in [9.17, 15) is 0 Å². The van der Waals surface area contributed by atoms with Gasteiger partial charge in [-0.05, 0) is 26.7 Å². The van der Waals surface area contributed by atoms with Crippen LogP contribution in [0.4, 0.5) is 0 Å². The summed E-state index contributed by atoms with van der Waals surface area (Å²) in [5.41, 5.74) is 0. The Morgan fingerprint density at radius 1 is 1.06 bits per heavy atom. The molecule has 0 amide bonds. The van der Waals surface area contributed by atoms with Crippen molar-refractivity contribution in [3.8, 4) is 0 Å². The molecule has 2 heteroatoms. The average Bonchev–Trinajstić information content (AvgIpc) is 2.70. The standard InChI is InChI=1S/C16H31N2/c1-5-6-7-8-9-10-11-12-17-13-14-18(15(2)3)16(17)4/h13-15H,5-12H2,1-4H3/q+1. The first-order valence-electron chi connectivity index (χ1n) is 7.73. The first-order chi connectivity index (χ1) is 8.66. The summed E-state index contributed by atoms with van der Waals surface area (Å²) >= 11 is 0. The Bertz CT molecular complexity index is 326. The molecule has 0 saturated carbocycles. The molecule has 1 aromatic rings. The van der Waals surface area contributed by atoms with Gasteiger partial charge in [0.1, 0.15) is 12.4 Å². The summed E-state index contributed by atoms with van der Waals surface area (Å²) in [5, 5.41) is 0. The van der Waals surface area contributed by atoms with Gasteiger partial charge in [-0.3, -0.25) is 0 Å². The fourth-order valence-electron chi connectivity index (χ4n) is 2.54. The third kappa shape index (κ3) is 4.83. The number of hydrogen-bond acceptors (Lipinski definition) is 0. The van der Waals surface area contributed by atoms with Crippen molar-refractivity contribution in [3.63, 3.8) is 0 Å². The molecule has 2 nitrogen and oxygen atoms in total. The van der Waals surface area contributed by atoms with Gasteiger partial charge < -0.3 is 0 Å². The maximum Gasteiger partial charge on any atom is 0.253 e. The zero-order chi connectivity index (χ0) is 13.4. The Kier molecular flexibility index (Phi) is 7.07. The molecule has 0 spiro atoms. The van der Waals surface area contributed by atoms with E-state index >= 15 is 0 Å². The van der Waals surface area contributed by atoms with E-state index in [2.05, 4.69) is 49.2 Å². The number of aryl methyl sites for hydroxylation is 1. The molecule has 0 aliphatic carbocycles. The van der Waals surface area contributed by atoms with Gasteiger partial charge >= 0.3 is 0 Å². The summed E-state index contributed by atoms with van der Waals surface area (Å²) in [6.45, 7) is 10.2. The molecule has 0 aliphatic heterocycles. The minimum atomic E-state index is 0.570. The van der Waals surface area contributed by atoms with Crippen molar-refractivity contribution in [2.75, 3.05) is 0 Å². The van der Waals surface area contributed by atoms with Gasteiger partial charge in [-0.25, -0.2) is 9.13 Å². The molecular weight excluding hydrogens is 220 g/mol. The fourth-order valence-corrected chi connectivity index (χ4v) is 2.54. The summed E-state index contributed by atoms with van der Waals surface area (Å²) in [6, 6.07) is 0.570. The number of imidazole rings is 1. The number of aromatic nitrogens is 2. The molecule has 1 heterocycles. The first-order valence-corrected chi connectivity index (χ1v) is 7.73. The van der Waals surface area contributed by atoms with E-state index in [1.54, 1.807) is 0 Å². The van der Waals surface area contributed by atoms with Gasteiger partial charge in [0.25, 0.3) is 5.82 Å². The molecule has 0 aliphatic rings. The van der Waals surface area contributed by atoms with Gasteiger partial charge in [0.15, 0.2) is 0 Å². The minimum absolute atomic E-state index is 0.570. The number of rotatable bonds is 9. The molecule has 0 fully saturated rings. The molecule has 0 atom stereocenters. The predicted octanol–water partition coefficient (Wildman–Crippen LogP) is 4.42. The molecule has 0 bridgehead atoms. The largest absolute Gasteiger partial charge is 0.253 e. The van der Waals surface area contributed by atoms with Crippen molar-refractivity contribution >= 4 is 0 Å². The smallest absolute Gasteiger partial charge is 0.234 e. The van der Waals surface area contributed by atoms with Crippen molar-refractivity contribution < 1.29 is 4.57 Å². The molecule has 0 saturated heterocycles. The maximum absolute atomic E-state index is 2.39. The van der Waals surface area contributed by atoms with Crippen molar-refractivity contribution in [2.24, 2.45) is 0 Å². The van der Waals surface area contributed by atoms with E-state index in [0.717, 1.165) is 0 Å². The number of unbranched alkanes of at least 4 members (excludes halogenated alkanes) is 6. The van der Waals surface area contributed by atoms with Crippen LogP contribution in [0.2, 0.25) is 0 Å². The topological polar surface area (TPSA) is 8.81 Å². The van der Waals surface area contributed by atoms with Crippen molar-refractivity contribution in [2.45, 2.75) is 85.2 Å². The SMILES string of the molecule is CCCCCCCCC[n+]1ccn(C(C)C)c1C. The molecule has 104 valence electrons. The van der Waals surface area contributed by atoms with Crippen LogP contribution in [0, 0.1) is 6.92 Å². The second-order valence-electron chi connectivity index (χ2n) is 5.66. The Morgan fingerprint density at radius 2 is 1.67 bits per heavy atom. The first kappa shape index (κ1) is 15.3. The maximum atomic E-state index is 2.39. The summed E-state index contributed by atoms with van der Waals surface area (Å²) in [6.07, 6.45) is 14.1. The lowest BCUT2D eigenvalue weighted by atomic mass is 10.1. The van der Waals surface area contributed by atoms with Crippen LogP contribution < -0.4 is 4.57 Å². The predicted molar refractivity (Wildman–Crippen MR) is 77.7 cm³/mol. The van der Waals surface area contributed by atoms with Crippen molar-refractivity contribution in [1.29, 1.82) is 0 Å². The normalized spacial score (nSPS) is 11.4. The van der Waals surface area contributed by atoms with E-state index in [1.807, 2.05) is 0 Å². The van der Waals surface area contributed by atoms with Gasteiger partial charge in [0, 0.05) is 6.92 Å². The van der Waals surface area contributed by atoms with Crippen LogP contribution in [0.25, 0.3) is 0 Å². The van der Waals surface area contributed by atoms with E-state index in [1.165, 1.54) is 57.3 Å². The van der Waals surface area contributed by atoms with Gasteiger partial charge in [0.05, 0.1) is 12.6 Å². The van der Waals surface area contributed by atoms with Crippen LogP contribution in [0.1, 0.15) is 77.6 Å². The molecular formula is C16H31N2+.